The second-order valence-corrected chi connectivity index (χ2v) is 7.75. The monoisotopic (exact) mass is 359 g/mol. The van der Waals surface area contributed by atoms with Gasteiger partial charge in [0.2, 0.25) is 11.9 Å². The second kappa shape index (κ2) is 9.86. The van der Waals surface area contributed by atoms with E-state index < -0.39 is 0 Å². The maximum atomic E-state index is 12.5. The summed E-state index contributed by atoms with van der Waals surface area (Å²) >= 11 is 0. The minimum Gasteiger partial charge on any atom is -0.356 e. The first-order valence-corrected chi connectivity index (χ1v) is 10.2. The molecule has 1 atom stereocenters. The van der Waals surface area contributed by atoms with E-state index in [0.717, 1.165) is 57.4 Å². The molecule has 1 aromatic rings. The van der Waals surface area contributed by atoms with Gasteiger partial charge in [0, 0.05) is 38.1 Å². The largest absolute Gasteiger partial charge is 0.356 e. The van der Waals surface area contributed by atoms with Crippen LogP contribution in [0.15, 0.2) is 18.5 Å². The lowest BCUT2D eigenvalue weighted by Gasteiger charge is -2.32. The molecule has 0 radical (unpaired) electrons. The smallest absolute Gasteiger partial charge is 0.225 e. The number of nitrogens with zero attached hydrogens (tertiary/aromatic N) is 4. The Morgan fingerprint density at radius 1 is 1.19 bits per heavy atom. The van der Waals surface area contributed by atoms with Crippen molar-refractivity contribution >= 4 is 11.9 Å². The molecular weight excluding hydrogens is 326 g/mol. The Bertz CT molecular complexity index is 546. The highest BCUT2D eigenvalue weighted by Gasteiger charge is 2.26. The first kappa shape index (κ1) is 19.1. The van der Waals surface area contributed by atoms with Crippen LogP contribution in [-0.2, 0) is 4.79 Å². The van der Waals surface area contributed by atoms with Crippen LogP contribution in [-0.4, -0.2) is 60.0 Å². The summed E-state index contributed by atoms with van der Waals surface area (Å²) in [5, 5.41) is 3.15. The van der Waals surface area contributed by atoms with Gasteiger partial charge in [0.25, 0.3) is 0 Å². The Morgan fingerprint density at radius 2 is 1.96 bits per heavy atom. The third-order valence-electron chi connectivity index (χ3n) is 5.81. The van der Waals surface area contributed by atoms with Crippen molar-refractivity contribution < 1.29 is 4.79 Å². The number of piperidine rings is 1. The van der Waals surface area contributed by atoms with E-state index in [0.29, 0.717) is 0 Å². The van der Waals surface area contributed by atoms with Crippen molar-refractivity contribution in [3.8, 4) is 0 Å². The first-order chi connectivity index (χ1) is 12.7. The van der Waals surface area contributed by atoms with Gasteiger partial charge in [-0.2, -0.15) is 0 Å². The van der Waals surface area contributed by atoms with Crippen molar-refractivity contribution in [3.05, 3.63) is 18.5 Å². The van der Waals surface area contributed by atoms with Gasteiger partial charge in [-0.05, 0) is 51.8 Å². The Balaban J connectivity index is 1.36. The van der Waals surface area contributed by atoms with Crippen LogP contribution in [0.2, 0.25) is 0 Å². The summed E-state index contributed by atoms with van der Waals surface area (Å²) in [6.45, 7) is 3.49. The van der Waals surface area contributed by atoms with Crippen molar-refractivity contribution in [2.75, 3.05) is 38.1 Å². The number of carbonyl (C=O) groups is 1. The summed E-state index contributed by atoms with van der Waals surface area (Å²) in [5.41, 5.74) is 0. The van der Waals surface area contributed by atoms with E-state index in [9.17, 15) is 4.79 Å². The van der Waals surface area contributed by atoms with Crippen molar-refractivity contribution in [2.24, 2.45) is 5.92 Å². The predicted octanol–water partition coefficient (Wildman–Crippen LogP) is 2.46. The van der Waals surface area contributed by atoms with Gasteiger partial charge in [-0.1, -0.05) is 19.3 Å². The molecule has 1 saturated carbocycles. The Hall–Kier alpha value is -1.69. The van der Waals surface area contributed by atoms with Crippen LogP contribution in [0.1, 0.15) is 51.4 Å². The predicted molar refractivity (Wildman–Crippen MR) is 104 cm³/mol. The molecule has 6 heteroatoms. The molecule has 2 fully saturated rings. The normalized spacial score (nSPS) is 21.8. The lowest BCUT2D eigenvalue weighted by Crippen LogP contribution is -2.44. The molecule has 144 valence electrons. The highest BCUT2D eigenvalue weighted by atomic mass is 16.1. The molecule has 26 heavy (non-hydrogen) atoms. The van der Waals surface area contributed by atoms with Gasteiger partial charge in [0.15, 0.2) is 0 Å². The summed E-state index contributed by atoms with van der Waals surface area (Å²) < 4.78 is 0. The summed E-state index contributed by atoms with van der Waals surface area (Å²) in [6.07, 6.45) is 13.3. The molecule has 0 spiro atoms. The topological polar surface area (TPSA) is 61.4 Å². The van der Waals surface area contributed by atoms with E-state index in [2.05, 4.69) is 32.1 Å². The molecular formula is C20H33N5O. The first-order valence-electron chi connectivity index (χ1n) is 10.2. The fourth-order valence-corrected chi connectivity index (χ4v) is 4.22. The van der Waals surface area contributed by atoms with Crippen molar-refractivity contribution in [2.45, 2.75) is 57.4 Å². The Morgan fingerprint density at radius 3 is 2.73 bits per heavy atom. The number of aromatic nitrogens is 2. The number of hydrogen-bond acceptors (Lipinski definition) is 5. The molecule has 1 N–H and O–H groups in total. The lowest BCUT2D eigenvalue weighted by molar-refractivity contribution is -0.125. The van der Waals surface area contributed by atoms with Crippen LogP contribution < -0.4 is 10.2 Å². The average Bonchev–Trinajstić information content (AvgIpc) is 2.72. The summed E-state index contributed by atoms with van der Waals surface area (Å²) in [4.78, 5) is 25.8. The quantitative estimate of drug-likeness (QED) is 0.758. The fraction of sp³-hybridized carbons (Fsp3) is 0.750. The molecule has 2 heterocycles. The maximum absolute atomic E-state index is 12.5. The Kier molecular flexibility index (Phi) is 7.23. The van der Waals surface area contributed by atoms with Gasteiger partial charge < -0.3 is 15.1 Å². The van der Waals surface area contributed by atoms with Gasteiger partial charge in [0.05, 0.1) is 5.92 Å². The minimum atomic E-state index is 0.0450. The van der Waals surface area contributed by atoms with E-state index in [4.69, 9.17) is 0 Å². The van der Waals surface area contributed by atoms with Gasteiger partial charge >= 0.3 is 0 Å². The van der Waals surface area contributed by atoms with Crippen LogP contribution in [0.4, 0.5) is 5.95 Å². The zero-order chi connectivity index (χ0) is 18.2. The SMILES string of the molecule is CN(CCCNC(=O)C1CCCN(c2ncccn2)C1)C1CCCCC1. The van der Waals surface area contributed by atoms with E-state index >= 15 is 0 Å². The highest BCUT2D eigenvalue weighted by molar-refractivity contribution is 5.79. The second-order valence-electron chi connectivity index (χ2n) is 7.75. The molecule has 0 aromatic carbocycles. The molecule has 0 bridgehead atoms. The van der Waals surface area contributed by atoms with Crippen LogP contribution >= 0.6 is 0 Å². The maximum Gasteiger partial charge on any atom is 0.225 e. The van der Waals surface area contributed by atoms with Gasteiger partial charge in [-0.15, -0.1) is 0 Å². The molecule has 1 saturated heterocycles. The van der Waals surface area contributed by atoms with E-state index in [1.165, 1.54) is 32.1 Å². The molecule has 1 aliphatic heterocycles. The molecule has 6 nitrogen and oxygen atoms in total. The molecule has 1 aromatic heterocycles. The standard InChI is InChI=1S/C20H33N5O/c1-24(18-9-3-2-4-10-18)14-7-13-21-19(26)17-8-5-15-25(16-17)20-22-11-6-12-23-20/h6,11-12,17-18H,2-5,7-10,13-16H2,1H3,(H,21,26). The van der Waals surface area contributed by atoms with Crippen LogP contribution in [0.25, 0.3) is 0 Å². The average molecular weight is 360 g/mol. The number of amides is 1. The molecule has 2 aliphatic rings. The van der Waals surface area contributed by atoms with Gasteiger partial charge in [0.1, 0.15) is 0 Å². The number of hydrogen-bond donors (Lipinski definition) is 1. The van der Waals surface area contributed by atoms with Gasteiger partial charge in [-0.3, -0.25) is 4.79 Å². The van der Waals surface area contributed by atoms with Crippen molar-refractivity contribution in [3.63, 3.8) is 0 Å². The van der Waals surface area contributed by atoms with E-state index in [1.54, 1.807) is 12.4 Å². The van der Waals surface area contributed by atoms with Crippen LogP contribution in [0, 0.1) is 5.92 Å². The third kappa shape index (κ3) is 5.40. The third-order valence-corrected chi connectivity index (χ3v) is 5.81. The van der Waals surface area contributed by atoms with Crippen LogP contribution in [0.5, 0.6) is 0 Å². The molecule has 1 amide bonds. The number of rotatable bonds is 7. The summed E-state index contributed by atoms with van der Waals surface area (Å²) in [7, 11) is 2.23. The fourth-order valence-electron chi connectivity index (χ4n) is 4.22. The summed E-state index contributed by atoms with van der Waals surface area (Å²) in [6, 6.07) is 2.57. The Labute approximate surface area is 157 Å². The highest BCUT2D eigenvalue weighted by Crippen LogP contribution is 2.22. The lowest BCUT2D eigenvalue weighted by atomic mass is 9.94. The molecule has 1 aliphatic carbocycles. The van der Waals surface area contributed by atoms with Crippen molar-refractivity contribution in [1.29, 1.82) is 0 Å². The van der Waals surface area contributed by atoms with Gasteiger partial charge in [-0.25, -0.2) is 9.97 Å². The number of carbonyl (C=O) groups excluding carboxylic acids is 1. The minimum absolute atomic E-state index is 0.0450. The van der Waals surface area contributed by atoms with Crippen molar-refractivity contribution in [1.82, 2.24) is 20.2 Å². The molecule has 1 unspecified atom stereocenters. The number of nitrogens with one attached hydrogen (secondary N) is 1. The molecule has 3 rings (SSSR count). The van der Waals surface area contributed by atoms with E-state index in [-0.39, 0.29) is 11.8 Å². The number of anilines is 1. The summed E-state index contributed by atoms with van der Waals surface area (Å²) in [5.74, 6) is 0.966. The zero-order valence-electron chi connectivity index (χ0n) is 16.1. The van der Waals surface area contributed by atoms with E-state index in [1.807, 2.05) is 6.07 Å². The zero-order valence-corrected chi connectivity index (χ0v) is 16.1. The van der Waals surface area contributed by atoms with Crippen LogP contribution in [0.3, 0.4) is 0 Å².